The van der Waals surface area contributed by atoms with E-state index >= 15 is 0 Å². The zero-order valence-corrected chi connectivity index (χ0v) is 7.83. The number of thioether (sulfide) groups is 1. The normalized spacial score (nSPS) is 14.2. The second kappa shape index (κ2) is 4.19. The highest BCUT2D eigenvalue weighted by Crippen LogP contribution is 2.36. The Bertz CT molecular complexity index is 264. The fourth-order valence-electron chi connectivity index (χ4n) is 0.590. The topological polar surface area (TPSA) is 12.9 Å². The zero-order valence-electron chi connectivity index (χ0n) is 6.25. The van der Waals surface area contributed by atoms with E-state index in [1.54, 1.807) is 12.1 Å². The van der Waals surface area contributed by atoms with Gasteiger partial charge in [0.25, 0.3) is 0 Å². The molecule has 0 aromatic carbocycles. The Hall–Kier alpha value is -0.420. The lowest BCUT2D eigenvalue weighted by Crippen LogP contribution is -2.19. The van der Waals surface area contributed by atoms with Crippen molar-refractivity contribution in [3.63, 3.8) is 0 Å². The first-order valence-corrected chi connectivity index (χ1v) is 4.60. The molecule has 6 heteroatoms. The van der Waals surface area contributed by atoms with Gasteiger partial charge < -0.3 is 0 Å². The van der Waals surface area contributed by atoms with Crippen molar-refractivity contribution in [1.29, 1.82) is 0 Å². The molecule has 1 nitrogen and oxygen atoms in total. The third kappa shape index (κ3) is 3.44. The smallest absolute Gasteiger partial charge is 0.250 e. The quantitative estimate of drug-likeness (QED) is 0.568. The van der Waals surface area contributed by atoms with Gasteiger partial charge in [0.15, 0.2) is 4.71 Å². The van der Waals surface area contributed by atoms with Gasteiger partial charge in [-0.1, -0.05) is 17.8 Å². The minimum absolute atomic E-state index is 0.264. The van der Waals surface area contributed by atoms with Crippen LogP contribution in [0.2, 0.25) is 0 Å². The molecule has 0 fully saturated rings. The van der Waals surface area contributed by atoms with Gasteiger partial charge in [0.05, 0.1) is 5.03 Å². The molecule has 1 atom stereocenters. The summed E-state index contributed by atoms with van der Waals surface area (Å²) in [5, 5.41) is 0.264. The molecule has 0 bridgehead atoms. The lowest BCUT2D eigenvalue weighted by atomic mass is 10.5. The Morgan fingerprint density at radius 1 is 1.38 bits per heavy atom. The van der Waals surface area contributed by atoms with Gasteiger partial charge in [0, 0.05) is 6.20 Å². The van der Waals surface area contributed by atoms with Gasteiger partial charge in [-0.2, -0.15) is 13.2 Å². The number of nitrogens with zero attached hydrogens (tertiary/aromatic N) is 1. The molecule has 0 radical (unpaired) electrons. The van der Waals surface area contributed by atoms with Gasteiger partial charge in [-0.15, -0.1) is 11.6 Å². The third-order valence-corrected chi connectivity index (χ3v) is 2.59. The summed E-state index contributed by atoms with van der Waals surface area (Å²) in [5.41, 5.74) is 0. The van der Waals surface area contributed by atoms with E-state index in [0.29, 0.717) is 11.8 Å². The zero-order chi connectivity index (χ0) is 9.90. The van der Waals surface area contributed by atoms with Crippen LogP contribution < -0.4 is 0 Å². The maximum absolute atomic E-state index is 12.0. The summed E-state index contributed by atoms with van der Waals surface area (Å²) in [7, 11) is 0. The summed E-state index contributed by atoms with van der Waals surface area (Å²) >= 11 is 5.57. The van der Waals surface area contributed by atoms with Crippen LogP contribution in [0.25, 0.3) is 0 Å². The van der Waals surface area contributed by atoms with Crippen molar-refractivity contribution < 1.29 is 13.2 Å². The van der Waals surface area contributed by atoms with Crippen LogP contribution >= 0.6 is 23.4 Å². The van der Waals surface area contributed by atoms with Crippen molar-refractivity contribution in [2.24, 2.45) is 0 Å². The lowest BCUT2D eigenvalue weighted by molar-refractivity contribution is -0.113. The maximum atomic E-state index is 12.0. The number of halogens is 4. The molecule has 0 amide bonds. The summed E-state index contributed by atoms with van der Waals surface area (Å²) in [6, 6.07) is 4.71. The average Bonchev–Trinajstić information content (AvgIpc) is 2.04. The molecular weight excluding hydrogens is 223 g/mol. The van der Waals surface area contributed by atoms with Gasteiger partial charge in [0.2, 0.25) is 0 Å². The minimum atomic E-state index is -4.40. The maximum Gasteiger partial charge on any atom is 0.414 e. The predicted octanol–water partition coefficient (Wildman–Crippen LogP) is 3.30. The molecule has 0 aliphatic rings. The van der Waals surface area contributed by atoms with Crippen molar-refractivity contribution in [3.05, 3.63) is 24.4 Å². The van der Waals surface area contributed by atoms with Gasteiger partial charge in [0.1, 0.15) is 0 Å². The third-order valence-electron chi connectivity index (χ3n) is 1.12. The SMILES string of the molecule is FC(F)(F)C(Cl)Sc1ccccn1. The summed E-state index contributed by atoms with van der Waals surface area (Å²) in [6.45, 7) is 0. The fourth-order valence-corrected chi connectivity index (χ4v) is 1.49. The molecule has 0 saturated carbocycles. The van der Waals surface area contributed by atoms with E-state index in [0.717, 1.165) is 0 Å². The Morgan fingerprint density at radius 3 is 2.54 bits per heavy atom. The van der Waals surface area contributed by atoms with Crippen LogP contribution in [0.5, 0.6) is 0 Å². The molecule has 72 valence electrons. The first-order chi connectivity index (χ1) is 6.00. The van der Waals surface area contributed by atoms with Crippen molar-refractivity contribution in [1.82, 2.24) is 4.98 Å². The number of aromatic nitrogens is 1. The van der Waals surface area contributed by atoms with Crippen LogP contribution in [0.15, 0.2) is 29.4 Å². The Morgan fingerprint density at radius 2 is 2.08 bits per heavy atom. The molecule has 1 aromatic rings. The van der Waals surface area contributed by atoms with Crippen LogP contribution in [-0.2, 0) is 0 Å². The number of pyridine rings is 1. The van der Waals surface area contributed by atoms with Crippen molar-refractivity contribution in [3.8, 4) is 0 Å². The Balaban J connectivity index is 2.61. The van der Waals surface area contributed by atoms with E-state index in [1.807, 2.05) is 0 Å². The Kier molecular flexibility index (Phi) is 3.44. The van der Waals surface area contributed by atoms with E-state index in [1.165, 1.54) is 12.3 Å². The summed E-state index contributed by atoms with van der Waals surface area (Å²) < 4.78 is 33.9. The van der Waals surface area contributed by atoms with Gasteiger partial charge >= 0.3 is 6.18 Å². The highest BCUT2D eigenvalue weighted by Gasteiger charge is 2.39. The number of alkyl halides is 4. The van der Waals surface area contributed by atoms with Gasteiger partial charge in [-0.05, 0) is 12.1 Å². The van der Waals surface area contributed by atoms with Crippen LogP contribution in [0.4, 0.5) is 13.2 Å². The van der Waals surface area contributed by atoms with E-state index in [-0.39, 0.29) is 5.03 Å². The predicted molar refractivity (Wildman–Crippen MR) is 45.8 cm³/mol. The molecule has 13 heavy (non-hydrogen) atoms. The van der Waals surface area contributed by atoms with Crippen LogP contribution in [0.1, 0.15) is 0 Å². The minimum Gasteiger partial charge on any atom is -0.250 e. The molecule has 1 aromatic heterocycles. The Labute approximate surface area is 82.3 Å². The molecule has 0 aliphatic carbocycles. The van der Waals surface area contributed by atoms with E-state index in [9.17, 15) is 13.2 Å². The van der Waals surface area contributed by atoms with Crippen molar-refractivity contribution >= 4 is 23.4 Å². The largest absolute Gasteiger partial charge is 0.414 e. The van der Waals surface area contributed by atoms with Gasteiger partial charge in [-0.25, -0.2) is 4.98 Å². The average molecular weight is 228 g/mol. The standard InChI is InChI=1S/C7H5ClF3NS/c8-6(7(9,10)11)13-5-3-1-2-4-12-5/h1-4,6H. The molecule has 0 saturated heterocycles. The molecule has 1 heterocycles. The van der Waals surface area contributed by atoms with E-state index in [2.05, 4.69) is 4.98 Å². The lowest BCUT2D eigenvalue weighted by Gasteiger charge is -2.11. The van der Waals surface area contributed by atoms with E-state index < -0.39 is 10.9 Å². The highest BCUT2D eigenvalue weighted by atomic mass is 35.5. The first-order valence-electron chi connectivity index (χ1n) is 3.28. The molecule has 1 rings (SSSR count). The summed E-state index contributed by atoms with van der Waals surface area (Å²) in [5.74, 6) is 0. The monoisotopic (exact) mass is 227 g/mol. The number of rotatable bonds is 2. The highest BCUT2D eigenvalue weighted by molar-refractivity contribution is 8.01. The molecular formula is C7H5ClF3NS. The van der Waals surface area contributed by atoms with Crippen molar-refractivity contribution in [2.75, 3.05) is 0 Å². The van der Waals surface area contributed by atoms with Crippen LogP contribution in [-0.4, -0.2) is 15.9 Å². The molecule has 0 spiro atoms. The number of hydrogen-bond donors (Lipinski definition) is 0. The summed E-state index contributed by atoms with van der Waals surface area (Å²) in [6.07, 6.45) is -2.98. The van der Waals surface area contributed by atoms with Crippen LogP contribution in [0, 0.1) is 0 Å². The first kappa shape index (κ1) is 10.7. The molecule has 0 N–H and O–H groups in total. The van der Waals surface area contributed by atoms with Gasteiger partial charge in [-0.3, -0.25) is 0 Å². The molecule has 1 unspecified atom stereocenters. The fraction of sp³-hybridized carbons (Fsp3) is 0.286. The molecule has 0 aliphatic heterocycles. The van der Waals surface area contributed by atoms with Crippen LogP contribution in [0.3, 0.4) is 0 Å². The van der Waals surface area contributed by atoms with E-state index in [4.69, 9.17) is 11.6 Å². The summed E-state index contributed by atoms with van der Waals surface area (Å²) in [4.78, 5) is 3.71. The van der Waals surface area contributed by atoms with Crippen molar-refractivity contribution in [2.45, 2.75) is 15.9 Å². The second-order valence-corrected chi connectivity index (χ2v) is 3.96. The number of hydrogen-bond acceptors (Lipinski definition) is 2. The second-order valence-electron chi connectivity index (χ2n) is 2.14.